The van der Waals surface area contributed by atoms with Gasteiger partial charge in [0.1, 0.15) is 6.10 Å². The first kappa shape index (κ1) is 13.1. The zero-order valence-electron chi connectivity index (χ0n) is 10.8. The van der Waals surface area contributed by atoms with Crippen molar-refractivity contribution in [3.63, 3.8) is 0 Å². The molecule has 0 spiro atoms. The number of rotatable bonds is 2. The molecule has 1 aromatic carbocycles. The highest BCUT2D eigenvalue weighted by Gasteiger charge is 2.82. The van der Waals surface area contributed by atoms with Gasteiger partial charge in [0.25, 0.3) is 0 Å². The average molecular weight is 295 g/mol. The first-order chi connectivity index (χ1) is 10.1. The van der Waals surface area contributed by atoms with Crippen molar-refractivity contribution in [2.24, 2.45) is 0 Å². The summed E-state index contributed by atoms with van der Waals surface area (Å²) in [5, 5.41) is 21.0. The van der Waals surface area contributed by atoms with Gasteiger partial charge in [-0.25, -0.2) is 0 Å². The minimum absolute atomic E-state index is 0.0902. The Morgan fingerprint density at radius 3 is 2.71 bits per heavy atom. The van der Waals surface area contributed by atoms with Gasteiger partial charge in [-0.1, -0.05) is 30.3 Å². The third-order valence-corrected chi connectivity index (χ3v) is 4.02. The van der Waals surface area contributed by atoms with E-state index >= 15 is 0 Å². The smallest absolute Gasteiger partial charge is 0.365 e. The molecular weight excluding hydrogens is 282 g/mol. The lowest BCUT2D eigenvalue weighted by atomic mass is 9.98. The Morgan fingerprint density at radius 2 is 2.00 bits per heavy atom. The quantitative estimate of drug-likeness (QED) is 0.472. The second-order valence-corrected chi connectivity index (χ2v) is 5.25. The molecule has 0 aromatic heterocycles. The predicted molar refractivity (Wildman–Crippen MR) is 65.5 cm³/mol. The van der Waals surface area contributed by atoms with Crippen LogP contribution in [-0.2, 0) is 18.9 Å². The molecule has 0 amide bonds. The largest absolute Gasteiger partial charge is 0.385 e. The van der Waals surface area contributed by atoms with Gasteiger partial charge < -0.3 is 19.3 Å². The van der Waals surface area contributed by atoms with E-state index in [1.807, 2.05) is 30.3 Å². The first-order valence-corrected chi connectivity index (χ1v) is 6.61. The van der Waals surface area contributed by atoms with Crippen molar-refractivity contribution in [3.8, 4) is 0 Å². The topological polar surface area (TPSA) is 104 Å². The Hall–Kier alpha value is -1.58. The maximum absolute atomic E-state index is 11.4. The van der Waals surface area contributed by atoms with Gasteiger partial charge in [0, 0.05) is 5.56 Å². The van der Waals surface area contributed by atoms with Crippen LogP contribution >= 0.6 is 0 Å². The molecule has 6 atom stereocenters. The maximum atomic E-state index is 11.4. The normalized spacial score (nSPS) is 44.5. The zero-order valence-corrected chi connectivity index (χ0v) is 10.8. The van der Waals surface area contributed by atoms with E-state index in [-0.39, 0.29) is 6.61 Å². The highest BCUT2D eigenvalue weighted by Crippen LogP contribution is 2.51. The number of aliphatic hydroxyl groups is 1. The fourth-order valence-corrected chi connectivity index (χ4v) is 2.95. The highest BCUT2D eigenvalue weighted by atomic mass is 16.8. The summed E-state index contributed by atoms with van der Waals surface area (Å²) in [4.78, 5) is 10.8. The summed E-state index contributed by atoms with van der Waals surface area (Å²) in [6.07, 6.45) is -4.70. The van der Waals surface area contributed by atoms with Crippen molar-refractivity contribution in [1.82, 2.24) is 0 Å². The van der Waals surface area contributed by atoms with Crippen LogP contribution in [-0.4, -0.2) is 47.0 Å². The van der Waals surface area contributed by atoms with E-state index in [0.29, 0.717) is 0 Å². The van der Waals surface area contributed by atoms with Crippen LogP contribution in [0, 0.1) is 10.1 Å². The molecule has 1 unspecified atom stereocenters. The summed E-state index contributed by atoms with van der Waals surface area (Å²) < 4.78 is 21.7. The van der Waals surface area contributed by atoms with Crippen molar-refractivity contribution in [2.45, 2.75) is 36.6 Å². The Labute approximate surface area is 119 Å². The molecule has 0 aliphatic carbocycles. The van der Waals surface area contributed by atoms with E-state index in [4.69, 9.17) is 18.9 Å². The van der Waals surface area contributed by atoms with Gasteiger partial charge in [-0.3, -0.25) is 14.9 Å². The molecule has 3 aliphatic heterocycles. The summed E-state index contributed by atoms with van der Waals surface area (Å²) >= 11 is 0. The molecule has 0 bridgehead atoms. The van der Waals surface area contributed by atoms with Crippen LogP contribution in [0.2, 0.25) is 0 Å². The van der Waals surface area contributed by atoms with Gasteiger partial charge in [0.2, 0.25) is 6.10 Å². The Morgan fingerprint density at radius 1 is 1.24 bits per heavy atom. The fourth-order valence-electron chi connectivity index (χ4n) is 2.95. The molecule has 21 heavy (non-hydrogen) atoms. The lowest BCUT2D eigenvalue weighted by molar-refractivity contribution is -0.591. The average Bonchev–Trinajstić information content (AvgIpc) is 3.26. The number of aliphatic hydroxyl groups excluding tert-OH is 1. The fraction of sp³-hybridized carbons (Fsp3) is 0.538. The van der Waals surface area contributed by atoms with Crippen LogP contribution in [0.1, 0.15) is 11.9 Å². The number of nitro groups is 1. The predicted octanol–water partition coefficient (Wildman–Crippen LogP) is 0.190. The third-order valence-electron chi connectivity index (χ3n) is 4.02. The van der Waals surface area contributed by atoms with Crippen molar-refractivity contribution >= 4 is 0 Å². The first-order valence-electron chi connectivity index (χ1n) is 6.61. The third kappa shape index (κ3) is 1.81. The molecule has 3 heterocycles. The molecule has 3 aliphatic rings. The van der Waals surface area contributed by atoms with Crippen LogP contribution in [0.4, 0.5) is 0 Å². The van der Waals surface area contributed by atoms with E-state index < -0.39 is 41.5 Å². The number of hydrogen-bond donors (Lipinski definition) is 1. The van der Waals surface area contributed by atoms with Gasteiger partial charge in [-0.05, 0) is 0 Å². The van der Waals surface area contributed by atoms with Crippen LogP contribution in [0.5, 0.6) is 0 Å². The summed E-state index contributed by atoms with van der Waals surface area (Å²) in [7, 11) is 0. The molecule has 8 nitrogen and oxygen atoms in total. The van der Waals surface area contributed by atoms with Gasteiger partial charge in [-0.15, -0.1) is 0 Å². The zero-order chi connectivity index (χ0) is 14.6. The molecule has 0 saturated carbocycles. The maximum Gasteiger partial charge on any atom is 0.385 e. The molecule has 4 rings (SSSR count). The Bertz CT molecular complexity index is 567. The van der Waals surface area contributed by atoms with E-state index in [9.17, 15) is 15.2 Å². The number of fused-ring (bicyclic) bond motifs is 3. The minimum atomic E-state index is -1.74. The Kier molecular flexibility index (Phi) is 2.78. The van der Waals surface area contributed by atoms with Crippen LogP contribution in [0.3, 0.4) is 0 Å². The van der Waals surface area contributed by atoms with Crippen molar-refractivity contribution in [2.75, 3.05) is 6.61 Å². The molecular formula is C13H13NO7. The number of nitrogens with zero attached hydrogens (tertiary/aromatic N) is 1. The molecule has 3 saturated heterocycles. The number of ether oxygens (including phenoxy) is 4. The van der Waals surface area contributed by atoms with E-state index in [0.717, 1.165) is 5.56 Å². The van der Waals surface area contributed by atoms with Crippen LogP contribution < -0.4 is 0 Å². The van der Waals surface area contributed by atoms with E-state index in [1.165, 1.54) is 0 Å². The highest BCUT2D eigenvalue weighted by molar-refractivity contribution is 5.17. The second kappa shape index (κ2) is 4.46. The van der Waals surface area contributed by atoms with Crippen molar-refractivity contribution in [1.29, 1.82) is 0 Å². The van der Waals surface area contributed by atoms with Gasteiger partial charge in [0.15, 0.2) is 18.7 Å². The molecule has 0 radical (unpaired) electrons. The van der Waals surface area contributed by atoms with Gasteiger partial charge in [0.05, 0.1) is 11.5 Å². The van der Waals surface area contributed by atoms with Gasteiger partial charge >= 0.3 is 5.72 Å². The second-order valence-electron chi connectivity index (χ2n) is 5.25. The number of hydrogen-bond acceptors (Lipinski definition) is 7. The molecule has 1 N–H and O–H groups in total. The molecule has 1 aromatic rings. The monoisotopic (exact) mass is 295 g/mol. The van der Waals surface area contributed by atoms with Gasteiger partial charge in [-0.2, -0.15) is 0 Å². The number of benzene rings is 1. The minimum Gasteiger partial charge on any atom is -0.365 e. The summed E-state index contributed by atoms with van der Waals surface area (Å²) in [5.74, 6) is 0. The Balaban J connectivity index is 1.62. The lowest BCUT2D eigenvalue weighted by Gasteiger charge is -2.39. The van der Waals surface area contributed by atoms with E-state index in [1.54, 1.807) is 0 Å². The van der Waals surface area contributed by atoms with Crippen molar-refractivity contribution in [3.05, 3.63) is 46.0 Å². The van der Waals surface area contributed by atoms with Crippen LogP contribution in [0.25, 0.3) is 0 Å². The lowest BCUT2D eigenvalue weighted by Crippen LogP contribution is -2.60. The summed E-state index contributed by atoms with van der Waals surface area (Å²) in [5.41, 5.74) is -0.975. The number of epoxide rings is 1. The SMILES string of the molecule is O=[N+]([O-])[C@]12O[C@H]1[C@H](O)O[C@@H]1COC(c3ccccc3)O[C@H]12. The molecule has 8 heteroatoms. The summed E-state index contributed by atoms with van der Waals surface area (Å²) in [6, 6.07) is 9.14. The van der Waals surface area contributed by atoms with E-state index in [2.05, 4.69) is 0 Å². The van der Waals surface area contributed by atoms with Crippen molar-refractivity contribution < 1.29 is 29.0 Å². The summed E-state index contributed by atoms with van der Waals surface area (Å²) in [6.45, 7) is 0.0902. The molecule has 112 valence electrons. The molecule has 3 fully saturated rings. The van der Waals surface area contributed by atoms with Crippen LogP contribution in [0.15, 0.2) is 30.3 Å². The standard InChI is InChI=1S/C13H13NO7/c15-11-10-13(21-10,14(16)17)9-8(19-11)6-18-12(20-9)7-4-2-1-3-5-7/h1-5,8-12,15H,6H2/t8-,9-,10+,11-,12?,13-/m1/s1.